The Bertz CT molecular complexity index is 611. The molecule has 1 aliphatic carbocycles. The van der Waals surface area contributed by atoms with Crippen LogP contribution in [0.25, 0.3) is 0 Å². The second-order valence-corrected chi connectivity index (χ2v) is 6.21. The standard InChI is InChI=1S/C18H20N2O2/c21-18-17-14(15-11-19-9-10-20(15)18)7-4-8-16(17)22-12-13-5-2-1-3-6-13/h1-7,9,14-17H,8,10-12H2. The van der Waals surface area contributed by atoms with Gasteiger partial charge in [-0.2, -0.15) is 0 Å². The van der Waals surface area contributed by atoms with E-state index in [0.29, 0.717) is 13.2 Å². The van der Waals surface area contributed by atoms with E-state index in [1.807, 2.05) is 29.3 Å². The van der Waals surface area contributed by atoms with Crippen LogP contribution in [-0.2, 0) is 16.1 Å². The van der Waals surface area contributed by atoms with Gasteiger partial charge in [0.15, 0.2) is 0 Å². The minimum atomic E-state index is -0.0413. The molecule has 1 aromatic rings. The maximum absolute atomic E-state index is 12.7. The molecular weight excluding hydrogens is 276 g/mol. The van der Waals surface area contributed by atoms with Crippen LogP contribution in [0.2, 0.25) is 0 Å². The van der Waals surface area contributed by atoms with Crippen LogP contribution in [0.15, 0.2) is 47.5 Å². The van der Waals surface area contributed by atoms with E-state index in [1.54, 1.807) is 0 Å². The molecule has 2 aliphatic heterocycles. The normalized spacial score (nSPS) is 32.9. The summed E-state index contributed by atoms with van der Waals surface area (Å²) in [4.78, 5) is 19.1. The second kappa shape index (κ2) is 5.69. The molecule has 1 amide bonds. The van der Waals surface area contributed by atoms with E-state index in [0.717, 1.165) is 18.5 Å². The Morgan fingerprint density at radius 1 is 1.27 bits per heavy atom. The molecule has 0 aromatic heterocycles. The first-order valence-electron chi connectivity index (χ1n) is 7.95. The van der Waals surface area contributed by atoms with E-state index in [1.165, 1.54) is 0 Å². The predicted octanol–water partition coefficient (Wildman–Crippen LogP) is 2.06. The molecule has 1 fully saturated rings. The van der Waals surface area contributed by atoms with Crippen LogP contribution in [0.3, 0.4) is 0 Å². The Morgan fingerprint density at radius 3 is 3.00 bits per heavy atom. The summed E-state index contributed by atoms with van der Waals surface area (Å²) in [5.74, 6) is 0.448. The Hall–Kier alpha value is -1.94. The zero-order valence-electron chi connectivity index (χ0n) is 12.5. The molecule has 1 aromatic carbocycles. The minimum Gasteiger partial charge on any atom is -0.372 e. The minimum absolute atomic E-state index is 0.0201. The van der Waals surface area contributed by atoms with Crippen molar-refractivity contribution < 1.29 is 9.53 Å². The highest BCUT2D eigenvalue weighted by molar-refractivity contribution is 5.86. The molecule has 0 bridgehead atoms. The van der Waals surface area contributed by atoms with E-state index in [9.17, 15) is 4.79 Å². The Labute approximate surface area is 130 Å². The predicted molar refractivity (Wildman–Crippen MR) is 84.6 cm³/mol. The summed E-state index contributed by atoms with van der Waals surface area (Å²) in [5, 5.41) is 0. The highest BCUT2D eigenvalue weighted by Crippen LogP contribution is 2.40. The smallest absolute Gasteiger partial charge is 0.229 e. The van der Waals surface area contributed by atoms with Gasteiger partial charge < -0.3 is 9.64 Å². The highest BCUT2D eigenvalue weighted by atomic mass is 16.5. The number of benzene rings is 1. The number of hydrogen-bond donors (Lipinski definition) is 0. The van der Waals surface area contributed by atoms with Crippen molar-refractivity contribution in [2.45, 2.75) is 25.2 Å². The van der Waals surface area contributed by atoms with E-state index >= 15 is 0 Å². The molecule has 0 saturated carbocycles. The topological polar surface area (TPSA) is 41.9 Å². The molecule has 22 heavy (non-hydrogen) atoms. The van der Waals surface area contributed by atoms with Crippen molar-refractivity contribution in [3.8, 4) is 0 Å². The number of amides is 1. The third-order valence-electron chi connectivity index (χ3n) is 4.96. The maximum Gasteiger partial charge on any atom is 0.229 e. The Kier molecular flexibility index (Phi) is 3.54. The molecule has 4 heteroatoms. The van der Waals surface area contributed by atoms with Crippen LogP contribution in [0.4, 0.5) is 0 Å². The molecule has 1 saturated heterocycles. The molecule has 4 atom stereocenters. The first-order valence-corrected chi connectivity index (χ1v) is 7.95. The number of ether oxygens (including phenoxy) is 1. The number of nitrogens with zero attached hydrogens (tertiary/aromatic N) is 2. The van der Waals surface area contributed by atoms with Crippen LogP contribution in [-0.4, -0.2) is 42.3 Å². The first kappa shape index (κ1) is 13.7. The maximum atomic E-state index is 12.7. The zero-order chi connectivity index (χ0) is 14.9. The Morgan fingerprint density at radius 2 is 2.14 bits per heavy atom. The van der Waals surface area contributed by atoms with Crippen molar-refractivity contribution in [2.24, 2.45) is 16.8 Å². The summed E-state index contributed by atoms with van der Waals surface area (Å²) >= 11 is 0. The van der Waals surface area contributed by atoms with Gasteiger partial charge in [0, 0.05) is 12.1 Å². The van der Waals surface area contributed by atoms with Gasteiger partial charge in [-0.05, 0) is 12.0 Å². The SMILES string of the molecule is O=C1C2C(OCc3ccccc3)CC=CC2C2CN=CCN12. The van der Waals surface area contributed by atoms with Crippen molar-refractivity contribution >= 4 is 12.1 Å². The van der Waals surface area contributed by atoms with Gasteiger partial charge in [-0.25, -0.2) is 0 Å². The number of hydrogen-bond acceptors (Lipinski definition) is 3. The van der Waals surface area contributed by atoms with Crippen molar-refractivity contribution in [3.63, 3.8) is 0 Å². The van der Waals surface area contributed by atoms with Gasteiger partial charge >= 0.3 is 0 Å². The number of carbonyl (C=O) groups excluding carboxylic acids is 1. The number of fused-ring (bicyclic) bond motifs is 3. The number of rotatable bonds is 3. The summed E-state index contributed by atoms with van der Waals surface area (Å²) in [7, 11) is 0. The van der Waals surface area contributed by atoms with Crippen LogP contribution in [0, 0.1) is 11.8 Å². The lowest BCUT2D eigenvalue weighted by molar-refractivity contribution is -0.136. The van der Waals surface area contributed by atoms with Crippen LogP contribution in [0.1, 0.15) is 12.0 Å². The molecule has 0 spiro atoms. The van der Waals surface area contributed by atoms with E-state index in [4.69, 9.17) is 4.74 Å². The summed E-state index contributed by atoms with van der Waals surface area (Å²) in [6, 6.07) is 10.4. The van der Waals surface area contributed by atoms with E-state index in [2.05, 4.69) is 29.3 Å². The lowest BCUT2D eigenvalue weighted by atomic mass is 9.80. The first-order chi connectivity index (χ1) is 10.8. The third-order valence-corrected chi connectivity index (χ3v) is 4.96. The summed E-state index contributed by atoms with van der Waals surface area (Å²) < 4.78 is 6.12. The van der Waals surface area contributed by atoms with Gasteiger partial charge in [0.25, 0.3) is 0 Å². The molecule has 4 unspecified atom stereocenters. The zero-order valence-corrected chi connectivity index (χ0v) is 12.5. The lowest BCUT2D eigenvalue weighted by Crippen LogP contribution is -2.41. The van der Waals surface area contributed by atoms with Gasteiger partial charge in [0.1, 0.15) is 0 Å². The molecule has 4 rings (SSSR count). The molecule has 4 nitrogen and oxygen atoms in total. The molecule has 114 valence electrons. The van der Waals surface area contributed by atoms with Crippen LogP contribution >= 0.6 is 0 Å². The lowest BCUT2D eigenvalue weighted by Gasteiger charge is -2.30. The van der Waals surface area contributed by atoms with E-state index in [-0.39, 0.29) is 29.9 Å². The molecule has 3 aliphatic rings. The molecule has 2 heterocycles. The fourth-order valence-electron chi connectivity index (χ4n) is 3.86. The van der Waals surface area contributed by atoms with Gasteiger partial charge in [0.2, 0.25) is 5.91 Å². The van der Waals surface area contributed by atoms with Crippen molar-refractivity contribution in [3.05, 3.63) is 48.0 Å². The summed E-state index contributed by atoms with van der Waals surface area (Å²) in [6.07, 6.45) is 7.03. The fourth-order valence-corrected chi connectivity index (χ4v) is 3.86. The largest absolute Gasteiger partial charge is 0.372 e. The quantitative estimate of drug-likeness (QED) is 0.801. The van der Waals surface area contributed by atoms with Gasteiger partial charge in [0.05, 0.1) is 37.8 Å². The fraction of sp³-hybridized carbons (Fsp3) is 0.444. The highest BCUT2D eigenvalue weighted by Gasteiger charge is 2.51. The average molecular weight is 296 g/mol. The average Bonchev–Trinajstić information content (AvgIpc) is 2.88. The Balaban J connectivity index is 1.50. The van der Waals surface area contributed by atoms with E-state index < -0.39 is 0 Å². The molecule has 0 radical (unpaired) electrons. The summed E-state index contributed by atoms with van der Waals surface area (Å²) in [5.41, 5.74) is 1.15. The summed E-state index contributed by atoms with van der Waals surface area (Å²) in [6.45, 7) is 1.94. The third kappa shape index (κ3) is 2.28. The molecule has 0 N–H and O–H groups in total. The second-order valence-electron chi connectivity index (χ2n) is 6.21. The molecular formula is C18H20N2O2. The van der Waals surface area contributed by atoms with Crippen molar-refractivity contribution in [1.29, 1.82) is 0 Å². The van der Waals surface area contributed by atoms with Crippen LogP contribution in [0.5, 0.6) is 0 Å². The van der Waals surface area contributed by atoms with Crippen LogP contribution < -0.4 is 0 Å². The van der Waals surface area contributed by atoms with Crippen molar-refractivity contribution in [1.82, 2.24) is 4.90 Å². The van der Waals surface area contributed by atoms with Crippen molar-refractivity contribution in [2.75, 3.05) is 13.1 Å². The number of aliphatic imine (C=N–C) groups is 1. The van der Waals surface area contributed by atoms with Gasteiger partial charge in [-0.1, -0.05) is 42.5 Å². The number of carbonyl (C=O) groups is 1. The monoisotopic (exact) mass is 296 g/mol. The van der Waals surface area contributed by atoms with Gasteiger partial charge in [-0.3, -0.25) is 9.79 Å². The van der Waals surface area contributed by atoms with Gasteiger partial charge in [-0.15, -0.1) is 0 Å².